The normalized spacial score (nSPS) is 20.8. The molecule has 0 aliphatic carbocycles. The van der Waals surface area contributed by atoms with Crippen molar-refractivity contribution in [3.63, 3.8) is 0 Å². The van der Waals surface area contributed by atoms with Gasteiger partial charge in [0.05, 0.1) is 12.6 Å². The third-order valence-electron chi connectivity index (χ3n) is 2.05. The Bertz CT molecular complexity index is 229. The van der Waals surface area contributed by atoms with Crippen LogP contribution in [0.1, 0.15) is 6.92 Å². The average molecular weight is 217 g/mol. The maximum absolute atomic E-state index is 11.8. The first kappa shape index (κ1) is 11.3. The monoisotopic (exact) mass is 217 g/mol. The predicted octanol–water partition coefficient (Wildman–Crippen LogP) is -1.02. The number of primary amides is 1. The molecule has 1 rings (SSSR count). The van der Waals surface area contributed by atoms with Gasteiger partial charge in [-0.05, 0) is 6.92 Å². The molecule has 1 aliphatic heterocycles. The zero-order valence-electron chi connectivity index (χ0n) is 8.16. The van der Waals surface area contributed by atoms with Crippen LogP contribution in [0.5, 0.6) is 0 Å². The fourth-order valence-corrected chi connectivity index (χ4v) is 2.24. The van der Waals surface area contributed by atoms with E-state index in [2.05, 4.69) is 5.32 Å². The van der Waals surface area contributed by atoms with E-state index >= 15 is 0 Å². The minimum absolute atomic E-state index is 0.0121. The molecule has 0 bridgehead atoms. The number of rotatable bonds is 4. The summed E-state index contributed by atoms with van der Waals surface area (Å²) in [4.78, 5) is 23.9. The van der Waals surface area contributed by atoms with Gasteiger partial charge in [0.25, 0.3) is 0 Å². The van der Waals surface area contributed by atoms with E-state index in [1.807, 2.05) is 6.92 Å². The van der Waals surface area contributed by atoms with Crippen LogP contribution in [0.3, 0.4) is 0 Å². The standard InChI is InChI=1S/C8H15N3O2S/c1-2-11(3-7(9)12)8(13)6-4-14-5-10-6/h6,10H,2-5H2,1H3,(H2,9,12). The third-order valence-corrected chi connectivity index (χ3v) is 2.99. The van der Waals surface area contributed by atoms with Gasteiger partial charge in [-0.2, -0.15) is 0 Å². The summed E-state index contributed by atoms with van der Waals surface area (Å²) in [5.74, 6) is 1.07. The van der Waals surface area contributed by atoms with Gasteiger partial charge in [0.2, 0.25) is 11.8 Å². The van der Waals surface area contributed by atoms with E-state index in [1.165, 1.54) is 4.90 Å². The van der Waals surface area contributed by atoms with E-state index in [9.17, 15) is 9.59 Å². The summed E-state index contributed by atoms with van der Waals surface area (Å²) in [6.07, 6.45) is 0. The molecule has 0 aromatic carbocycles. The van der Waals surface area contributed by atoms with Crippen LogP contribution in [-0.4, -0.2) is 47.5 Å². The molecule has 1 heterocycles. The Morgan fingerprint density at radius 3 is 2.79 bits per heavy atom. The van der Waals surface area contributed by atoms with Gasteiger partial charge in [0, 0.05) is 18.2 Å². The first-order valence-corrected chi connectivity index (χ1v) is 5.68. The van der Waals surface area contributed by atoms with Crippen molar-refractivity contribution < 1.29 is 9.59 Å². The summed E-state index contributed by atoms with van der Waals surface area (Å²) in [5.41, 5.74) is 5.05. The summed E-state index contributed by atoms with van der Waals surface area (Å²) in [7, 11) is 0. The lowest BCUT2D eigenvalue weighted by atomic mass is 10.3. The quantitative estimate of drug-likeness (QED) is 0.632. The number of nitrogens with two attached hydrogens (primary N) is 1. The second kappa shape index (κ2) is 5.21. The lowest BCUT2D eigenvalue weighted by Crippen LogP contribution is -2.47. The minimum atomic E-state index is -0.467. The second-order valence-corrected chi connectivity index (χ2v) is 4.12. The molecular weight excluding hydrogens is 202 g/mol. The summed E-state index contributed by atoms with van der Waals surface area (Å²) in [5, 5.41) is 3.06. The molecule has 0 radical (unpaired) electrons. The van der Waals surface area contributed by atoms with Crippen molar-refractivity contribution in [1.29, 1.82) is 0 Å². The molecule has 6 heteroatoms. The molecule has 14 heavy (non-hydrogen) atoms. The smallest absolute Gasteiger partial charge is 0.241 e. The maximum Gasteiger partial charge on any atom is 0.241 e. The van der Waals surface area contributed by atoms with E-state index in [4.69, 9.17) is 5.73 Å². The van der Waals surface area contributed by atoms with Gasteiger partial charge in [-0.3, -0.25) is 14.9 Å². The van der Waals surface area contributed by atoms with Crippen molar-refractivity contribution in [3.8, 4) is 0 Å². The molecule has 0 aromatic heterocycles. The maximum atomic E-state index is 11.8. The Kier molecular flexibility index (Phi) is 4.21. The number of thioether (sulfide) groups is 1. The van der Waals surface area contributed by atoms with Crippen LogP contribution in [-0.2, 0) is 9.59 Å². The zero-order valence-corrected chi connectivity index (χ0v) is 8.97. The molecule has 1 aliphatic rings. The number of hydrogen-bond donors (Lipinski definition) is 2. The lowest BCUT2D eigenvalue weighted by Gasteiger charge is -2.22. The minimum Gasteiger partial charge on any atom is -0.368 e. The van der Waals surface area contributed by atoms with E-state index in [0.717, 1.165) is 11.6 Å². The Hall–Kier alpha value is -0.750. The van der Waals surface area contributed by atoms with Crippen LogP contribution < -0.4 is 11.1 Å². The molecule has 2 amide bonds. The first-order valence-electron chi connectivity index (χ1n) is 4.53. The Balaban J connectivity index is 2.50. The van der Waals surface area contributed by atoms with Crippen LogP contribution >= 0.6 is 11.8 Å². The van der Waals surface area contributed by atoms with Crippen molar-refractivity contribution in [3.05, 3.63) is 0 Å². The Morgan fingerprint density at radius 2 is 2.36 bits per heavy atom. The molecule has 1 fully saturated rings. The van der Waals surface area contributed by atoms with Gasteiger partial charge < -0.3 is 10.6 Å². The number of amides is 2. The van der Waals surface area contributed by atoms with Crippen molar-refractivity contribution in [2.45, 2.75) is 13.0 Å². The van der Waals surface area contributed by atoms with E-state index in [1.54, 1.807) is 11.8 Å². The van der Waals surface area contributed by atoms with E-state index < -0.39 is 5.91 Å². The zero-order chi connectivity index (χ0) is 10.6. The van der Waals surface area contributed by atoms with Crippen LogP contribution in [0.4, 0.5) is 0 Å². The largest absolute Gasteiger partial charge is 0.368 e. The van der Waals surface area contributed by atoms with Gasteiger partial charge in [-0.25, -0.2) is 0 Å². The Morgan fingerprint density at radius 1 is 1.64 bits per heavy atom. The Labute approximate surface area is 87.4 Å². The number of nitrogens with one attached hydrogen (secondary N) is 1. The summed E-state index contributed by atoms with van der Waals surface area (Å²) in [6, 6.07) is -0.153. The SMILES string of the molecule is CCN(CC(N)=O)C(=O)C1CSCN1. The van der Waals surface area contributed by atoms with Crippen LogP contribution in [0.25, 0.3) is 0 Å². The number of carbonyl (C=O) groups is 2. The summed E-state index contributed by atoms with van der Waals surface area (Å²) < 4.78 is 0. The summed E-state index contributed by atoms with van der Waals surface area (Å²) >= 11 is 1.68. The highest BCUT2D eigenvalue weighted by atomic mass is 32.2. The second-order valence-electron chi connectivity index (χ2n) is 3.09. The molecule has 0 spiro atoms. The number of nitrogens with zero attached hydrogens (tertiary/aromatic N) is 1. The van der Waals surface area contributed by atoms with Gasteiger partial charge in [0.1, 0.15) is 0 Å². The third kappa shape index (κ3) is 2.88. The van der Waals surface area contributed by atoms with Gasteiger partial charge in [-0.1, -0.05) is 0 Å². The topological polar surface area (TPSA) is 75.4 Å². The molecule has 80 valence electrons. The highest BCUT2D eigenvalue weighted by Gasteiger charge is 2.26. The molecule has 5 nitrogen and oxygen atoms in total. The van der Waals surface area contributed by atoms with E-state index in [-0.39, 0.29) is 18.5 Å². The molecule has 1 saturated heterocycles. The summed E-state index contributed by atoms with van der Waals surface area (Å²) in [6.45, 7) is 2.37. The number of likely N-dealkylation sites (N-methyl/N-ethyl adjacent to an activating group) is 1. The fraction of sp³-hybridized carbons (Fsp3) is 0.750. The van der Waals surface area contributed by atoms with E-state index in [0.29, 0.717) is 6.54 Å². The van der Waals surface area contributed by atoms with Crippen molar-refractivity contribution in [1.82, 2.24) is 10.2 Å². The molecular formula is C8H15N3O2S. The van der Waals surface area contributed by atoms with Crippen LogP contribution in [0, 0.1) is 0 Å². The van der Waals surface area contributed by atoms with Gasteiger partial charge in [0.15, 0.2) is 0 Å². The number of carbonyl (C=O) groups excluding carboxylic acids is 2. The van der Waals surface area contributed by atoms with Crippen LogP contribution in [0.15, 0.2) is 0 Å². The average Bonchev–Trinajstić information content (AvgIpc) is 2.65. The van der Waals surface area contributed by atoms with Gasteiger partial charge >= 0.3 is 0 Å². The molecule has 0 aromatic rings. The highest BCUT2D eigenvalue weighted by Crippen LogP contribution is 2.11. The van der Waals surface area contributed by atoms with Crippen LogP contribution in [0.2, 0.25) is 0 Å². The predicted molar refractivity (Wildman–Crippen MR) is 55.7 cm³/mol. The first-order chi connectivity index (χ1) is 6.65. The van der Waals surface area contributed by atoms with Crippen molar-refractivity contribution in [2.75, 3.05) is 24.7 Å². The fourth-order valence-electron chi connectivity index (χ4n) is 1.31. The van der Waals surface area contributed by atoms with Gasteiger partial charge in [-0.15, -0.1) is 11.8 Å². The molecule has 3 N–H and O–H groups in total. The highest BCUT2D eigenvalue weighted by molar-refractivity contribution is 7.99. The van der Waals surface area contributed by atoms with Crippen molar-refractivity contribution >= 4 is 23.6 Å². The van der Waals surface area contributed by atoms with Crippen molar-refractivity contribution in [2.24, 2.45) is 5.73 Å². The molecule has 1 atom stereocenters. The number of hydrogen-bond acceptors (Lipinski definition) is 4. The lowest BCUT2D eigenvalue weighted by molar-refractivity contribution is -0.136. The molecule has 1 unspecified atom stereocenters. The molecule has 0 saturated carbocycles.